The van der Waals surface area contributed by atoms with Gasteiger partial charge in [0.05, 0.1) is 56.3 Å². The third-order valence-electron chi connectivity index (χ3n) is 10.4. The second kappa shape index (κ2) is 10.2. The minimum atomic E-state index is 0.353. The smallest absolute Gasteiger partial charge is 0.137 e. The van der Waals surface area contributed by atoms with Gasteiger partial charge in [0.1, 0.15) is 28.4 Å². The molecule has 0 unspecified atom stereocenters. The van der Waals surface area contributed by atoms with E-state index in [9.17, 15) is 5.26 Å². The van der Waals surface area contributed by atoms with E-state index in [-0.39, 0.29) is 0 Å². The van der Waals surface area contributed by atoms with Crippen molar-refractivity contribution in [2.24, 2.45) is 4.99 Å². The third-order valence-corrected chi connectivity index (χ3v) is 10.4. The van der Waals surface area contributed by atoms with Crippen LogP contribution in [-0.2, 0) is 6.54 Å². The predicted octanol–water partition coefficient (Wildman–Crippen LogP) is 11.8. The topological polar surface area (TPSA) is 72.3 Å². The van der Waals surface area contributed by atoms with Gasteiger partial charge in [-0.3, -0.25) is 4.99 Å². The molecule has 0 aliphatic rings. The van der Waals surface area contributed by atoms with Crippen LogP contribution < -0.4 is 0 Å². The zero-order valence-corrected chi connectivity index (χ0v) is 27.2. The number of furan rings is 2. The van der Waals surface area contributed by atoms with Crippen LogP contribution in [0.2, 0.25) is 0 Å². The summed E-state index contributed by atoms with van der Waals surface area (Å²) in [6.07, 6.45) is 0. The van der Waals surface area contributed by atoms with E-state index in [1.807, 2.05) is 42.5 Å². The molecule has 11 rings (SSSR count). The highest BCUT2D eigenvalue weighted by atomic mass is 16.3. The van der Waals surface area contributed by atoms with E-state index in [4.69, 9.17) is 8.83 Å². The van der Waals surface area contributed by atoms with E-state index in [0.717, 1.165) is 104 Å². The lowest BCUT2D eigenvalue weighted by Crippen LogP contribution is -2.09. The van der Waals surface area contributed by atoms with Gasteiger partial charge in [0.15, 0.2) is 0 Å². The maximum absolute atomic E-state index is 11.0. The molecule has 11 aromatic rings. The molecule has 4 heterocycles. The van der Waals surface area contributed by atoms with Crippen LogP contribution in [0.25, 0.3) is 98.9 Å². The van der Waals surface area contributed by atoms with E-state index < -0.39 is 0 Å². The number of hydrogen-bond acceptors (Lipinski definition) is 4. The Morgan fingerprint density at radius 1 is 0.510 bits per heavy atom. The molecule has 4 aromatic heterocycles. The fourth-order valence-corrected chi connectivity index (χ4v) is 8.43. The van der Waals surface area contributed by atoms with Crippen LogP contribution in [0.4, 0.5) is 0 Å². The van der Waals surface area contributed by atoms with E-state index >= 15 is 0 Å². The largest absolute Gasteiger partial charge is 0.456 e. The van der Waals surface area contributed by atoms with Crippen LogP contribution in [0.5, 0.6) is 0 Å². The second-order valence-corrected chi connectivity index (χ2v) is 13.0. The lowest BCUT2D eigenvalue weighted by Gasteiger charge is -2.21. The van der Waals surface area contributed by atoms with Gasteiger partial charge in [-0.15, -0.1) is 0 Å². The van der Waals surface area contributed by atoms with Crippen LogP contribution in [0.15, 0.2) is 147 Å². The number of aromatic nitrogens is 2. The van der Waals surface area contributed by atoms with Crippen LogP contribution in [0.3, 0.4) is 0 Å². The zero-order chi connectivity index (χ0) is 33.8. The average Bonchev–Trinajstić information content (AvgIpc) is 3.92. The van der Waals surface area contributed by atoms with E-state index in [1.165, 1.54) is 0 Å². The van der Waals surface area contributed by atoms with Crippen LogP contribution in [0.1, 0.15) is 11.1 Å². The summed E-state index contributed by atoms with van der Waals surface area (Å²) < 4.78 is 17.5. The first-order valence-electron chi connectivity index (χ1n) is 16.9. The highest BCUT2D eigenvalue weighted by Crippen LogP contribution is 2.46. The molecule has 0 saturated carbocycles. The summed E-state index contributed by atoms with van der Waals surface area (Å²) in [4.78, 5) is 4.44. The van der Waals surface area contributed by atoms with Crippen molar-refractivity contribution in [2.75, 3.05) is 0 Å². The summed E-state index contributed by atoms with van der Waals surface area (Å²) in [6, 6.07) is 48.2. The van der Waals surface area contributed by atoms with Gasteiger partial charge < -0.3 is 18.0 Å². The van der Waals surface area contributed by atoms with Gasteiger partial charge in [-0.1, -0.05) is 78.9 Å². The molecule has 7 aromatic carbocycles. The number of hydrogen-bond donors (Lipinski definition) is 0. The molecule has 51 heavy (non-hydrogen) atoms. The Morgan fingerprint density at radius 3 is 1.53 bits per heavy atom. The van der Waals surface area contributed by atoms with Crippen molar-refractivity contribution >= 4 is 94.2 Å². The number of fused-ring (bicyclic) bond motifs is 14. The van der Waals surface area contributed by atoms with Gasteiger partial charge in [-0.25, -0.2) is 0 Å². The molecule has 0 amide bonds. The van der Waals surface area contributed by atoms with Crippen molar-refractivity contribution in [1.29, 1.82) is 5.26 Å². The Hall–Kier alpha value is -7.10. The number of nitriles is 1. The third kappa shape index (κ3) is 3.61. The molecule has 238 valence electrons. The molecule has 0 N–H and O–H groups in total. The van der Waals surface area contributed by atoms with Gasteiger partial charge in [0, 0.05) is 32.3 Å². The number of aliphatic imine (C=N–C) groups is 1. The maximum Gasteiger partial charge on any atom is 0.137 e. The van der Waals surface area contributed by atoms with Crippen molar-refractivity contribution in [3.8, 4) is 17.4 Å². The van der Waals surface area contributed by atoms with Crippen LogP contribution in [0, 0.1) is 11.3 Å². The lowest BCUT2D eigenvalue weighted by atomic mass is 10.0. The van der Waals surface area contributed by atoms with Gasteiger partial charge in [-0.05, 0) is 66.9 Å². The van der Waals surface area contributed by atoms with E-state index in [2.05, 4.69) is 118 Å². The molecule has 0 spiro atoms. The number of para-hydroxylation sites is 4. The quantitative estimate of drug-likeness (QED) is 0.177. The van der Waals surface area contributed by atoms with Crippen molar-refractivity contribution in [3.63, 3.8) is 0 Å². The molecule has 0 bridgehead atoms. The number of nitrogens with zero attached hydrogens (tertiary/aromatic N) is 4. The average molecular weight is 655 g/mol. The fraction of sp³-hybridized carbons (Fsp3) is 0.0222. The van der Waals surface area contributed by atoms with Crippen molar-refractivity contribution in [3.05, 3.63) is 145 Å². The van der Waals surface area contributed by atoms with Crippen molar-refractivity contribution in [2.45, 2.75) is 6.54 Å². The Kier molecular flexibility index (Phi) is 5.57. The normalized spacial score (nSPS) is 12.1. The number of rotatable bonds is 4. The van der Waals surface area contributed by atoms with Crippen molar-refractivity contribution in [1.82, 2.24) is 9.13 Å². The SMILES string of the molecule is C=NCc1ccc(C#N)c(-n2c3ccccc3c3ccc4oc5ccccc5c4c32)c1-n1c2ccccc2c2ccc3oc4ccccc4c3c21. The highest BCUT2D eigenvalue weighted by molar-refractivity contribution is 6.26. The first-order valence-corrected chi connectivity index (χ1v) is 16.9. The summed E-state index contributed by atoms with van der Waals surface area (Å²) >= 11 is 0. The minimum absolute atomic E-state index is 0.353. The van der Waals surface area contributed by atoms with Crippen LogP contribution >= 0.6 is 0 Å². The first kappa shape index (κ1) is 27.8. The zero-order valence-electron chi connectivity index (χ0n) is 27.2. The highest BCUT2D eigenvalue weighted by Gasteiger charge is 2.27. The van der Waals surface area contributed by atoms with Gasteiger partial charge in [0.2, 0.25) is 0 Å². The summed E-state index contributed by atoms with van der Waals surface area (Å²) in [5, 5.41) is 19.5. The Morgan fingerprint density at radius 2 is 1.00 bits per heavy atom. The summed E-state index contributed by atoms with van der Waals surface area (Å²) in [7, 11) is 0. The molecule has 0 atom stereocenters. The summed E-state index contributed by atoms with van der Waals surface area (Å²) in [5.41, 5.74) is 10.4. The van der Waals surface area contributed by atoms with E-state index in [1.54, 1.807) is 0 Å². The van der Waals surface area contributed by atoms with Gasteiger partial charge in [-0.2, -0.15) is 5.26 Å². The minimum Gasteiger partial charge on any atom is -0.456 e. The Bertz CT molecular complexity index is 3330. The molecule has 0 fully saturated rings. The Balaban J connectivity index is 1.43. The molecule has 0 saturated heterocycles. The first-order chi connectivity index (χ1) is 25.2. The van der Waals surface area contributed by atoms with Gasteiger partial charge in [0.25, 0.3) is 0 Å². The van der Waals surface area contributed by atoms with E-state index in [0.29, 0.717) is 12.1 Å². The molecule has 6 heteroatoms. The van der Waals surface area contributed by atoms with Crippen molar-refractivity contribution < 1.29 is 8.83 Å². The monoisotopic (exact) mass is 654 g/mol. The fourth-order valence-electron chi connectivity index (χ4n) is 8.43. The molecular formula is C45H26N4O2. The molecular weight excluding hydrogens is 629 g/mol. The Labute approximate surface area is 290 Å². The number of benzene rings is 7. The molecule has 0 aliphatic carbocycles. The summed E-state index contributed by atoms with van der Waals surface area (Å²) in [6.45, 7) is 4.28. The summed E-state index contributed by atoms with van der Waals surface area (Å²) in [5.74, 6) is 0. The molecule has 0 radical (unpaired) electrons. The maximum atomic E-state index is 11.0. The predicted molar refractivity (Wildman–Crippen MR) is 208 cm³/mol. The lowest BCUT2D eigenvalue weighted by molar-refractivity contribution is 0.668. The second-order valence-electron chi connectivity index (χ2n) is 13.0. The molecule has 6 nitrogen and oxygen atoms in total. The standard InChI is InChI=1S/C45H26N4O2/c1-47-25-27-19-18-26(24-46)42(48-34-14-6-2-10-28(34)30-20-22-38-40(44(30)48)32-12-4-8-16-36(32)50-38)43(27)49-35-15-7-3-11-29(35)31-21-23-39-41(45(31)49)33-13-5-9-17-37(33)51-39/h2-23H,1,25H2. The van der Waals surface area contributed by atoms with Gasteiger partial charge >= 0.3 is 0 Å². The van der Waals surface area contributed by atoms with Crippen LogP contribution in [-0.4, -0.2) is 15.9 Å². The molecule has 0 aliphatic heterocycles.